The number of nitrogens with zero attached hydrogens (tertiary/aromatic N) is 2. The van der Waals surface area contributed by atoms with Crippen LogP contribution in [0.25, 0.3) is 0 Å². The van der Waals surface area contributed by atoms with E-state index in [1.807, 2.05) is 18.4 Å². The number of sulfonamides is 2. The number of carbonyl (C=O) groups is 2. The topological polar surface area (TPSA) is 217 Å². The van der Waals surface area contributed by atoms with E-state index in [1.165, 1.54) is 37.8 Å². The van der Waals surface area contributed by atoms with Crippen molar-refractivity contribution in [1.29, 1.82) is 0 Å². The number of sulfone groups is 1. The first-order valence-corrected chi connectivity index (χ1v) is 28.8. The molecule has 16 nitrogen and oxygen atoms in total. The maximum absolute atomic E-state index is 13.1. The molecular formula is C48H52Cl2N6O10S4. The lowest BCUT2D eigenvalue weighted by Gasteiger charge is -2.31. The van der Waals surface area contributed by atoms with Crippen molar-refractivity contribution in [2.45, 2.75) is 70.8 Å². The number of halogens is 2. The highest BCUT2D eigenvalue weighted by Crippen LogP contribution is 2.28. The number of benzene rings is 4. The molecule has 2 saturated heterocycles. The summed E-state index contributed by atoms with van der Waals surface area (Å²) in [5.74, 6) is 0.0588. The second-order valence-electron chi connectivity index (χ2n) is 16.5. The molecule has 2 fully saturated rings. The predicted octanol–water partition coefficient (Wildman–Crippen LogP) is 8.38. The fourth-order valence-electron chi connectivity index (χ4n) is 7.66. The molecule has 2 aromatic heterocycles. The number of hydrogen-bond acceptors (Lipinski definition) is 13. The molecular weight excluding hydrogens is 1020 g/mol. The molecule has 0 radical (unpaired) electrons. The first kappa shape index (κ1) is 52.5. The molecule has 0 unspecified atom stereocenters. The summed E-state index contributed by atoms with van der Waals surface area (Å²) >= 11 is 13.4. The number of amides is 2. The fraction of sp³-hybridized carbons (Fsp3) is 0.292. The summed E-state index contributed by atoms with van der Waals surface area (Å²) in [6.45, 7) is 1.51. The van der Waals surface area contributed by atoms with Crippen LogP contribution in [-0.4, -0.2) is 96.5 Å². The number of carbonyl (C=O) groups excluding carboxylic acids is 2. The Hall–Kier alpha value is -5.32. The van der Waals surface area contributed by atoms with Crippen molar-refractivity contribution in [1.82, 2.24) is 19.2 Å². The quantitative estimate of drug-likeness (QED) is 0.0671. The Morgan fingerprint density at radius 2 is 1.00 bits per heavy atom. The molecule has 8 rings (SSSR count). The fourth-order valence-corrected chi connectivity index (χ4v) is 11.8. The minimum atomic E-state index is -3.83. The predicted molar refractivity (Wildman–Crippen MR) is 271 cm³/mol. The Labute approximate surface area is 422 Å². The second kappa shape index (κ2) is 23.3. The van der Waals surface area contributed by atoms with E-state index < -0.39 is 29.9 Å². The molecule has 2 aliphatic rings. The van der Waals surface area contributed by atoms with Crippen molar-refractivity contribution in [3.63, 3.8) is 0 Å². The van der Waals surface area contributed by atoms with Crippen molar-refractivity contribution >= 4 is 88.0 Å². The van der Waals surface area contributed by atoms with Gasteiger partial charge in [-0.05, 0) is 141 Å². The van der Waals surface area contributed by atoms with Crippen LogP contribution in [0.1, 0.15) is 57.9 Å². The lowest BCUT2D eigenvalue weighted by Crippen LogP contribution is -2.42. The molecule has 6 aromatic rings. The Bertz CT molecular complexity index is 3100. The SMILES string of the molecule is CS(=O)(=O)c1cccc(NC2CCN(S(=O)(=O)c3ccc(CNC(=O)c4ccc(Cl)cc4)o3)CC2)c1.CSc1cccc(NC2CCN(S(=O)(=O)c3ccc(CNC(=O)c4ccc(Cl)cc4)o3)CC2)c1. The number of anilines is 2. The van der Waals surface area contributed by atoms with Gasteiger partial charge in [0.1, 0.15) is 11.5 Å². The van der Waals surface area contributed by atoms with Gasteiger partial charge in [0.2, 0.25) is 10.2 Å². The molecule has 0 saturated carbocycles. The summed E-state index contributed by atoms with van der Waals surface area (Å²) in [5, 5.41) is 13.0. The first-order valence-electron chi connectivity index (χ1n) is 22.1. The van der Waals surface area contributed by atoms with Crippen molar-refractivity contribution in [3.05, 3.63) is 154 Å². The van der Waals surface area contributed by atoms with E-state index in [9.17, 15) is 34.8 Å². The maximum atomic E-state index is 13.1. The maximum Gasteiger partial charge on any atom is 0.276 e. The number of nitrogens with one attached hydrogen (secondary N) is 4. The second-order valence-corrected chi connectivity index (χ2v) is 24.0. The third-order valence-corrected chi connectivity index (χ3v) is 17.4. The lowest BCUT2D eigenvalue weighted by molar-refractivity contribution is 0.0939. The molecule has 372 valence electrons. The molecule has 70 heavy (non-hydrogen) atoms. The Morgan fingerprint density at radius 1 is 0.586 bits per heavy atom. The summed E-state index contributed by atoms with van der Waals surface area (Å²) in [4.78, 5) is 25.9. The zero-order valence-electron chi connectivity index (χ0n) is 38.1. The molecule has 22 heteroatoms. The summed E-state index contributed by atoms with van der Waals surface area (Å²) in [6.07, 6.45) is 5.69. The summed E-state index contributed by atoms with van der Waals surface area (Å²) in [5.41, 5.74) is 2.61. The average Bonchev–Trinajstić information content (AvgIpc) is 4.05. The van der Waals surface area contributed by atoms with Crippen LogP contribution >= 0.6 is 35.0 Å². The number of rotatable bonds is 16. The zero-order valence-corrected chi connectivity index (χ0v) is 42.9. The van der Waals surface area contributed by atoms with Gasteiger partial charge in [0, 0.05) is 82.0 Å². The molecule has 4 heterocycles. The summed E-state index contributed by atoms with van der Waals surface area (Å²) in [7, 11) is -10.9. The molecule has 2 aliphatic heterocycles. The minimum absolute atomic E-state index is 0.00139. The lowest BCUT2D eigenvalue weighted by atomic mass is 10.1. The van der Waals surface area contributed by atoms with Crippen LogP contribution in [0.4, 0.5) is 11.4 Å². The smallest absolute Gasteiger partial charge is 0.276 e. The van der Waals surface area contributed by atoms with E-state index in [-0.39, 0.29) is 65.2 Å². The van der Waals surface area contributed by atoms with Gasteiger partial charge in [0.05, 0.1) is 18.0 Å². The van der Waals surface area contributed by atoms with Gasteiger partial charge in [-0.2, -0.15) is 8.61 Å². The van der Waals surface area contributed by atoms with Gasteiger partial charge >= 0.3 is 0 Å². The molecule has 2 amide bonds. The van der Waals surface area contributed by atoms with Crippen LogP contribution in [0.2, 0.25) is 10.0 Å². The van der Waals surface area contributed by atoms with Crippen LogP contribution in [0.3, 0.4) is 0 Å². The van der Waals surface area contributed by atoms with E-state index in [0.717, 1.165) is 11.9 Å². The average molecular weight is 1070 g/mol. The molecule has 0 spiro atoms. The minimum Gasteiger partial charge on any atom is -0.446 e. The van der Waals surface area contributed by atoms with Crippen LogP contribution in [0.15, 0.2) is 150 Å². The van der Waals surface area contributed by atoms with Gasteiger partial charge < -0.3 is 30.1 Å². The first-order chi connectivity index (χ1) is 33.4. The highest BCUT2D eigenvalue weighted by molar-refractivity contribution is 7.98. The van der Waals surface area contributed by atoms with Crippen molar-refractivity contribution < 1.29 is 43.7 Å². The van der Waals surface area contributed by atoms with Gasteiger partial charge in [-0.3, -0.25) is 9.59 Å². The molecule has 4 N–H and O–H groups in total. The largest absolute Gasteiger partial charge is 0.446 e. The van der Waals surface area contributed by atoms with Crippen molar-refractivity contribution in [2.75, 3.05) is 49.3 Å². The number of hydrogen-bond donors (Lipinski definition) is 4. The van der Waals surface area contributed by atoms with Crippen LogP contribution in [0.5, 0.6) is 0 Å². The van der Waals surface area contributed by atoms with E-state index >= 15 is 0 Å². The van der Waals surface area contributed by atoms with E-state index in [2.05, 4.69) is 33.4 Å². The third-order valence-electron chi connectivity index (χ3n) is 11.5. The molecule has 0 atom stereocenters. The van der Waals surface area contributed by atoms with E-state index in [4.69, 9.17) is 32.0 Å². The van der Waals surface area contributed by atoms with Crippen LogP contribution < -0.4 is 21.3 Å². The van der Waals surface area contributed by atoms with Gasteiger partial charge in [0.25, 0.3) is 31.9 Å². The highest BCUT2D eigenvalue weighted by atomic mass is 35.5. The van der Waals surface area contributed by atoms with Crippen molar-refractivity contribution in [2.24, 2.45) is 0 Å². The number of thioether (sulfide) groups is 1. The van der Waals surface area contributed by atoms with Crippen LogP contribution in [-0.2, 0) is 43.0 Å². The third kappa shape index (κ3) is 14.0. The number of piperidine rings is 2. The molecule has 0 aliphatic carbocycles. The highest BCUT2D eigenvalue weighted by Gasteiger charge is 2.33. The monoisotopic (exact) mass is 1070 g/mol. The number of furan rings is 2. The molecule has 0 bridgehead atoms. The van der Waals surface area contributed by atoms with E-state index in [0.29, 0.717) is 77.2 Å². The Morgan fingerprint density at radius 3 is 1.41 bits per heavy atom. The Kier molecular flexibility index (Phi) is 17.5. The molecule has 4 aromatic carbocycles. The van der Waals surface area contributed by atoms with Crippen molar-refractivity contribution in [3.8, 4) is 0 Å². The van der Waals surface area contributed by atoms with Gasteiger partial charge in [-0.1, -0.05) is 35.3 Å². The van der Waals surface area contributed by atoms with Crippen LogP contribution in [0, 0.1) is 0 Å². The van der Waals surface area contributed by atoms with Gasteiger partial charge in [0.15, 0.2) is 9.84 Å². The zero-order chi connectivity index (χ0) is 50.1. The normalized spacial score (nSPS) is 15.4. The standard InChI is InChI=1S/C24H26ClN3O6S2.C24H26ClN3O4S2/c1-35(30,31)22-4-2-3-20(15-22)27-19-11-13-28(14-12-19)36(32,33)23-10-9-21(34-23)16-26-24(29)17-5-7-18(25)8-6-17;1-33-22-4-2-3-20(15-22)27-19-11-13-28(14-12-19)34(30,31)23-10-9-21(32-23)16-26-24(29)17-5-7-18(25)8-6-17/h2-10,15,19,27H,11-14,16H2,1H3,(H,26,29);2-10,15,19,27H,11-14,16H2,1H3,(H,26,29). The summed E-state index contributed by atoms with van der Waals surface area (Å²) < 4.78 is 89.7. The van der Waals surface area contributed by atoms with Gasteiger partial charge in [-0.25, -0.2) is 25.3 Å². The van der Waals surface area contributed by atoms with E-state index in [1.54, 1.807) is 84.6 Å². The Balaban J connectivity index is 0.000000207. The summed E-state index contributed by atoms with van der Waals surface area (Å²) in [6, 6.07) is 33.8. The van der Waals surface area contributed by atoms with Gasteiger partial charge in [-0.15, -0.1) is 11.8 Å².